The monoisotopic (exact) mass is 219 g/mol. The van der Waals surface area contributed by atoms with Crippen LogP contribution in [0.1, 0.15) is 46.5 Å². The van der Waals surface area contributed by atoms with Crippen LogP contribution in [-0.4, -0.2) is 17.9 Å². The number of ketones is 1. The summed E-state index contributed by atoms with van der Waals surface area (Å²) in [5.41, 5.74) is 0. The normalized spacial score (nSPS) is 29.1. The predicted molar refractivity (Wildman–Crippen MR) is 61.9 cm³/mol. The molecule has 84 valence electrons. The van der Waals surface area contributed by atoms with E-state index in [0.29, 0.717) is 11.8 Å². The summed E-state index contributed by atoms with van der Waals surface area (Å²) in [7, 11) is 0. The Labute approximate surface area is 93.2 Å². The Morgan fingerprint density at radius 3 is 2.64 bits per heavy atom. The second kappa shape index (κ2) is 6.41. The molecule has 0 amide bonds. The van der Waals surface area contributed by atoms with Crippen molar-refractivity contribution in [2.45, 2.75) is 58.5 Å². The lowest BCUT2D eigenvalue weighted by molar-refractivity contribution is -0.125. The molecule has 1 rings (SSSR count). The number of piperidine rings is 1. The van der Waals surface area contributed by atoms with Crippen LogP contribution in [0.3, 0.4) is 0 Å². The molecule has 14 heavy (non-hydrogen) atoms. The van der Waals surface area contributed by atoms with Crippen molar-refractivity contribution in [1.29, 1.82) is 0 Å². The third-order valence-electron chi connectivity index (χ3n) is 3.06. The Balaban J connectivity index is 0.00000169. The predicted octanol–water partition coefficient (Wildman–Crippen LogP) is 2.55. The highest BCUT2D eigenvalue weighted by Gasteiger charge is 2.26. The van der Waals surface area contributed by atoms with Crippen molar-refractivity contribution in [2.24, 2.45) is 5.92 Å². The molecular formula is C11H22ClNO. The molecular weight excluding hydrogens is 198 g/mol. The van der Waals surface area contributed by atoms with Gasteiger partial charge in [0.1, 0.15) is 0 Å². The number of carbonyl (C=O) groups excluding carboxylic acids is 1. The first kappa shape index (κ1) is 13.9. The van der Waals surface area contributed by atoms with E-state index in [0.717, 1.165) is 12.8 Å². The van der Waals surface area contributed by atoms with E-state index in [9.17, 15) is 4.79 Å². The average molecular weight is 220 g/mol. The smallest absolute Gasteiger partial charge is 0.152 e. The molecule has 0 aromatic heterocycles. The molecule has 1 heterocycles. The van der Waals surface area contributed by atoms with Gasteiger partial charge in [0.15, 0.2) is 5.78 Å². The molecule has 0 aromatic rings. The summed E-state index contributed by atoms with van der Waals surface area (Å²) < 4.78 is 0. The van der Waals surface area contributed by atoms with Gasteiger partial charge in [-0.25, -0.2) is 0 Å². The lowest BCUT2D eigenvalue weighted by Gasteiger charge is -2.29. The molecule has 0 bridgehead atoms. The molecule has 0 radical (unpaired) electrons. The first-order valence-corrected chi connectivity index (χ1v) is 5.45. The van der Waals surface area contributed by atoms with Gasteiger partial charge in [0.05, 0.1) is 6.04 Å². The highest BCUT2D eigenvalue weighted by atomic mass is 35.5. The van der Waals surface area contributed by atoms with Crippen LogP contribution in [0, 0.1) is 5.92 Å². The minimum absolute atomic E-state index is 0. The lowest BCUT2D eigenvalue weighted by atomic mass is 9.90. The zero-order valence-corrected chi connectivity index (χ0v) is 10.2. The number of halogens is 1. The fourth-order valence-electron chi connectivity index (χ4n) is 1.91. The largest absolute Gasteiger partial charge is 0.305 e. The Hall–Kier alpha value is -0.0800. The lowest BCUT2D eigenvalue weighted by Crippen LogP contribution is -2.47. The fourth-order valence-corrected chi connectivity index (χ4v) is 1.91. The maximum absolute atomic E-state index is 11.8. The van der Waals surface area contributed by atoms with Crippen molar-refractivity contribution in [2.75, 3.05) is 0 Å². The Bertz CT molecular complexity index is 184. The standard InChI is InChI=1S/C11H21NO.ClH/c1-4-8(2)11(13)10-7-5-6-9(3)12-10;/h8-10,12H,4-7H2,1-3H3;1H/t8?,9-,10+;/m1./s1. The highest BCUT2D eigenvalue weighted by Crippen LogP contribution is 2.16. The molecule has 1 N–H and O–H groups in total. The van der Waals surface area contributed by atoms with Crippen LogP contribution >= 0.6 is 12.4 Å². The SMILES string of the molecule is CCC(C)C(=O)[C@@H]1CCC[C@@H](C)N1.Cl. The number of hydrogen-bond acceptors (Lipinski definition) is 2. The number of nitrogens with one attached hydrogen (secondary N) is 1. The van der Waals surface area contributed by atoms with Gasteiger partial charge in [-0.2, -0.15) is 0 Å². The first-order chi connectivity index (χ1) is 6.15. The summed E-state index contributed by atoms with van der Waals surface area (Å²) in [5, 5.41) is 3.38. The maximum atomic E-state index is 11.8. The van der Waals surface area contributed by atoms with Crippen molar-refractivity contribution in [3.05, 3.63) is 0 Å². The van der Waals surface area contributed by atoms with E-state index in [-0.39, 0.29) is 24.4 Å². The summed E-state index contributed by atoms with van der Waals surface area (Å²) >= 11 is 0. The molecule has 1 unspecified atom stereocenters. The molecule has 3 atom stereocenters. The van der Waals surface area contributed by atoms with Crippen molar-refractivity contribution in [3.8, 4) is 0 Å². The van der Waals surface area contributed by atoms with E-state index in [4.69, 9.17) is 0 Å². The van der Waals surface area contributed by atoms with E-state index in [1.54, 1.807) is 0 Å². The van der Waals surface area contributed by atoms with Gasteiger partial charge in [-0.3, -0.25) is 4.79 Å². The summed E-state index contributed by atoms with van der Waals surface area (Å²) in [5.74, 6) is 0.636. The van der Waals surface area contributed by atoms with Gasteiger partial charge in [0.2, 0.25) is 0 Å². The van der Waals surface area contributed by atoms with Crippen LogP contribution in [-0.2, 0) is 4.79 Å². The van der Waals surface area contributed by atoms with Crippen LogP contribution in [0.2, 0.25) is 0 Å². The minimum Gasteiger partial charge on any atom is -0.305 e. The Morgan fingerprint density at radius 1 is 1.50 bits per heavy atom. The van der Waals surface area contributed by atoms with Gasteiger partial charge < -0.3 is 5.32 Å². The zero-order chi connectivity index (χ0) is 9.84. The molecule has 2 nitrogen and oxygen atoms in total. The zero-order valence-electron chi connectivity index (χ0n) is 9.38. The maximum Gasteiger partial charge on any atom is 0.152 e. The molecule has 3 heteroatoms. The third kappa shape index (κ3) is 3.58. The summed E-state index contributed by atoms with van der Waals surface area (Å²) in [6.07, 6.45) is 4.41. The van der Waals surface area contributed by atoms with E-state index in [1.165, 1.54) is 12.8 Å². The van der Waals surface area contributed by atoms with Gasteiger partial charge in [-0.05, 0) is 32.6 Å². The average Bonchev–Trinajstić information content (AvgIpc) is 2.15. The van der Waals surface area contributed by atoms with Gasteiger partial charge in [0, 0.05) is 12.0 Å². The highest BCUT2D eigenvalue weighted by molar-refractivity contribution is 5.86. The van der Waals surface area contributed by atoms with E-state index >= 15 is 0 Å². The van der Waals surface area contributed by atoms with Crippen molar-refractivity contribution in [3.63, 3.8) is 0 Å². The summed E-state index contributed by atoms with van der Waals surface area (Å²) in [4.78, 5) is 11.8. The van der Waals surface area contributed by atoms with Crippen molar-refractivity contribution >= 4 is 18.2 Å². The minimum atomic E-state index is 0. The van der Waals surface area contributed by atoms with Crippen LogP contribution < -0.4 is 5.32 Å². The molecule has 1 aliphatic rings. The van der Waals surface area contributed by atoms with Crippen LogP contribution in [0.25, 0.3) is 0 Å². The van der Waals surface area contributed by atoms with Crippen LogP contribution in [0.15, 0.2) is 0 Å². The van der Waals surface area contributed by atoms with Crippen molar-refractivity contribution < 1.29 is 4.79 Å². The third-order valence-corrected chi connectivity index (χ3v) is 3.06. The molecule has 0 saturated carbocycles. The topological polar surface area (TPSA) is 29.1 Å². The Morgan fingerprint density at radius 2 is 2.14 bits per heavy atom. The quantitative estimate of drug-likeness (QED) is 0.791. The van der Waals surface area contributed by atoms with E-state index in [1.807, 2.05) is 6.92 Å². The second-order valence-electron chi connectivity index (χ2n) is 4.26. The van der Waals surface area contributed by atoms with Crippen molar-refractivity contribution in [1.82, 2.24) is 5.32 Å². The number of Topliss-reactive ketones (excluding diaryl/α,β-unsaturated/α-hetero) is 1. The first-order valence-electron chi connectivity index (χ1n) is 5.45. The second-order valence-corrected chi connectivity index (χ2v) is 4.26. The van der Waals surface area contributed by atoms with Gasteiger partial charge in [-0.15, -0.1) is 12.4 Å². The molecule has 0 aliphatic carbocycles. The molecule has 1 aliphatic heterocycles. The number of hydrogen-bond donors (Lipinski definition) is 1. The van der Waals surface area contributed by atoms with E-state index < -0.39 is 0 Å². The van der Waals surface area contributed by atoms with Gasteiger partial charge in [-0.1, -0.05) is 13.8 Å². The summed E-state index contributed by atoms with van der Waals surface area (Å²) in [6.45, 7) is 6.27. The fraction of sp³-hybridized carbons (Fsp3) is 0.909. The Kier molecular flexibility index (Phi) is 6.38. The van der Waals surface area contributed by atoms with Crippen LogP contribution in [0.5, 0.6) is 0 Å². The molecule has 1 saturated heterocycles. The summed E-state index contributed by atoms with van der Waals surface area (Å²) in [6, 6.07) is 0.658. The number of carbonyl (C=O) groups is 1. The number of rotatable bonds is 3. The van der Waals surface area contributed by atoms with E-state index in [2.05, 4.69) is 19.2 Å². The van der Waals surface area contributed by atoms with Gasteiger partial charge in [0.25, 0.3) is 0 Å². The molecule has 0 aromatic carbocycles. The van der Waals surface area contributed by atoms with Crippen LogP contribution in [0.4, 0.5) is 0 Å². The molecule has 1 fully saturated rings. The van der Waals surface area contributed by atoms with Gasteiger partial charge >= 0.3 is 0 Å². The molecule has 0 spiro atoms.